The van der Waals surface area contributed by atoms with Gasteiger partial charge in [0, 0.05) is 24.4 Å². The molecule has 0 aliphatic rings. The minimum atomic E-state index is 0.416. The molecule has 0 saturated heterocycles. The molecular formula is C13H15N3S. The lowest BCUT2D eigenvalue weighted by atomic mass is 10.1. The highest BCUT2D eigenvalue weighted by Gasteiger charge is 2.10. The van der Waals surface area contributed by atoms with Crippen molar-refractivity contribution in [1.29, 1.82) is 0 Å². The maximum Gasteiger partial charge on any atom is 0.112 e. The quantitative estimate of drug-likeness (QED) is 0.844. The molecule has 1 heterocycles. The van der Waals surface area contributed by atoms with Gasteiger partial charge in [0.2, 0.25) is 0 Å². The van der Waals surface area contributed by atoms with Crippen LogP contribution < -0.4 is 5.73 Å². The average molecular weight is 245 g/mol. The van der Waals surface area contributed by atoms with Crippen molar-refractivity contribution in [2.45, 2.75) is 20.3 Å². The van der Waals surface area contributed by atoms with Crippen molar-refractivity contribution in [3.05, 3.63) is 47.5 Å². The maximum absolute atomic E-state index is 5.78. The number of hydrogen-bond donors (Lipinski definition) is 1. The third-order valence-corrected chi connectivity index (χ3v) is 2.93. The Balaban J connectivity index is 2.63. The largest absolute Gasteiger partial charge is 0.389 e. The van der Waals surface area contributed by atoms with Crippen molar-refractivity contribution in [2.75, 3.05) is 0 Å². The highest BCUT2D eigenvalue weighted by Crippen LogP contribution is 2.18. The van der Waals surface area contributed by atoms with Gasteiger partial charge in [-0.25, -0.2) is 4.98 Å². The summed E-state index contributed by atoms with van der Waals surface area (Å²) >= 11 is 5.11. The van der Waals surface area contributed by atoms with Crippen LogP contribution in [-0.4, -0.2) is 14.5 Å². The molecule has 88 valence electrons. The van der Waals surface area contributed by atoms with E-state index in [9.17, 15) is 0 Å². The van der Waals surface area contributed by atoms with Gasteiger partial charge in [-0.15, -0.1) is 0 Å². The van der Waals surface area contributed by atoms with Gasteiger partial charge in [0.15, 0.2) is 0 Å². The molecule has 0 amide bonds. The zero-order valence-corrected chi connectivity index (χ0v) is 10.8. The van der Waals surface area contributed by atoms with Crippen molar-refractivity contribution < 1.29 is 0 Å². The van der Waals surface area contributed by atoms with Crippen molar-refractivity contribution in [3.8, 4) is 5.69 Å². The van der Waals surface area contributed by atoms with E-state index in [0.717, 1.165) is 29.1 Å². The topological polar surface area (TPSA) is 43.8 Å². The number of hydrogen-bond acceptors (Lipinski definition) is 2. The molecule has 4 heteroatoms. The van der Waals surface area contributed by atoms with Gasteiger partial charge in [-0.2, -0.15) is 0 Å². The van der Waals surface area contributed by atoms with Crippen LogP contribution in [0.15, 0.2) is 30.6 Å². The van der Waals surface area contributed by atoms with Gasteiger partial charge < -0.3 is 10.3 Å². The second-order valence-electron chi connectivity index (χ2n) is 3.95. The standard InChI is InChI=1S/C13H15N3S/c1-3-12-15-6-7-16(12)11-5-4-9(2)8-10(11)13(14)17/h4-8H,3H2,1-2H3,(H2,14,17). The molecule has 0 spiro atoms. The summed E-state index contributed by atoms with van der Waals surface area (Å²) in [5.41, 5.74) is 8.82. The zero-order chi connectivity index (χ0) is 12.4. The molecule has 0 unspecified atom stereocenters. The Morgan fingerprint density at radius 3 is 2.88 bits per heavy atom. The van der Waals surface area contributed by atoms with E-state index in [-0.39, 0.29) is 0 Å². The van der Waals surface area contributed by atoms with E-state index in [4.69, 9.17) is 18.0 Å². The normalized spacial score (nSPS) is 10.5. The fourth-order valence-corrected chi connectivity index (χ4v) is 2.04. The van der Waals surface area contributed by atoms with Crippen LogP contribution in [-0.2, 0) is 6.42 Å². The fourth-order valence-electron chi connectivity index (χ4n) is 1.87. The summed E-state index contributed by atoms with van der Waals surface area (Å²) in [6, 6.07) is 6.10. The Kier molecular flexibility index (Phi) is 3.24. The SMILES string of the molecule is CCc1nccn1-c1ccc(C)cc1C(N)=S. The molecule has 0 fully saturated rings. The van der Waals surface area contributed by atoms with Crippen LogP contribution in [0.3, 0.4) is 0 Å². The molecule has 0 aliphatic heterocycles. The van der Waals surface area contributed by atoms with Gasteiger partial charge in [0.1, 0.15) is 10.8 Å². The Morgan fingerprint density at radius 2 is 2.24 bits per heavy atom. The lowest BCUT2D eigenvalue weighted by Crippen LogP contribution is -2.14. The van der Waals surface area contributed by atoms with Gasteiger partial charge in [-0.05, 0) is 19.1 Å². The Bertz CT molecular complexity index is 558. The second-order valence-corrected chi connectivity index (χ2v) is 4.39. The van der Waals surface area contributed by atoms with Crippen LogP contribution in [0.5, 0.6) is 0 Å². The van der Waals surface area contributed by atoms with Gasteiger partial charge in [-0.3, -0.25) is 0 Å². The number of nitrogens with zero attached hydrogens (tertiary/aromatic N) is 2. The number of nitrogens with two attached hydrogens (primary N) is 1. The molecule has 0 bridgehead atoms. The van der Waals surface area contributed by atoms with Crippen LogP contribution in [0.2, 0.25) is 0 Å². The molecule has 1 aromatic carbocycles. The van der Waals surface area contributed by atoms with Crippen LogP contribution in [0, 0.1) is 6.92 Å². The first-order chi connectivity index (χ1) is 8.13. The lowest BCUT2D eigenvalue weighted by molar-refractivity contribution is 0.889. The summed E-state index contributed by atoms with van der Waals surface area (Å²) in [4.78, 5) is 4.73. The zero-order valence-electron chi connectivity index (χ0n) is 9.97. The van der Waals surface area contributed by atoms with Gasteiger partial charge in [-0.1, -0.05) is 30.8 Å². The highest BCUT2D eigenvalue weighted by atomic mass is 32.1. The van der Waals surface area contributed by atoms with Crippen molar-refractivity contribution >= 4 is 17.2 Å². The van der Waals surface area contributed by atoms with E-state index in [1.807, 2.05) is 29.8 Å². The first-order valence-electron chi connectivity index (χ1n) is 5.56. The maximum atomic E-state index is 5.78. The van der Waals surface area contributed by atoms with Crippen molar-refractivity contribution in [1.82, 2.24) is 9.55 Å². The molecule has 2 aromatic rings. The highest BCUT2D eigenvalue weighted by molar-refractivity contribution is 7.80. The van der Waals surface area contributed by atoms with Gasteiger partial charge in [0.25, 0.3) is 0 Å². The third-order valence-electron chi connectivity index (χ3n) is 2.71. The smallest absolute Gasteiger partial charge is 0.112 e. The van der Waals surface area contributed by atoms with Crippen molar-refractivity contribution in [2.24, 2.45) is 5.73 Å². The van der Waals surface area contributed by atoms with E-state index in [0.29, 0.717) is 4.99 Å². The Labute approximate surface area is 106 Å². The monoisotopic (exact) mass is 245 g/mol. The molecule has 2 N–H and O–H groups in total. The summed E-state index contributed by atoms with van der Waals surface area (Å²) in [7, 11) is 0. The summed E-state index contributed by atoms with van der Waals surface area (Å²) < 4.78 is 2.04. The van der Waals surface area contributed by atoms with Gasteiger partial charge in [0.05, 0.1) is 5.69 Å². The number of aromatic nitrogens is 2. The summed E-state index contributed by atoms with van der Waals surface area (Å²) in [6.45, 7) is 4.10. The molecule has 0 saturated carbocycles. The molecule has 0 atom stereocenters. The molecular weight excluding hydrogens is 230 g/mol. The van der Waals surface area contributed by atoms with E-state index in [2.05, 4.69) is 18.0 Å². The van der Waals surface area contributed by atoms with E-state index < -0.39 is 0 Å². The third kappa shape index (κ3) is 2.22. The lowest BCUT2D eigenvalue weighted by Gasteiger charge is -2.12. The molecule has 1 aromatic heterocycles. The molecule has 17 heavy (non-hydrogen) atoms. The van der Waals surface area contributed by atoms with E-state index in [1.165, 1.54) is 0 Å². The van der Waals surface area contributed by atoms with Crippen LogP contribution in [0.1, 0.15) is 23.9 Å². The predicted molar refractivity (Wildman–Crippen MR) is 73.6 cm³/mol. The minimum absolute atomic E-state index is 0.416. The van der Waals surface area contributed by atoms with Gasteiger partial charge >= 0.3 is 0 Å². The molecule has 0 aliphatic carbocycles. The number of rotatable bonds is 3. The molecule has 0 radical (unpaired) electrons. The summed E-state index contributed by atoms with van der Waals surface area (Å²) in [5, 5.41) is 0. The number of benzene rings is 1. The summed E-state index contributed by atoms with van der Waals surface area (Å²) in [6.07, 6.45) is 4.60. The predicted octanol–water partition coefficient (Wildman–Crippen LogP) is 2.38. The van der Waals surface area contributed by atoms with Crippen LogP contribution in [0.4, 0.5) is 0 Å². The minimum Gasteiger partial charge on any atom is -0.389 e. The first-order valence-corrected chi connectivity index (χ1v) is 5.97. The molecule has 3 nitrogen and oxygen atoms in total. The number of thiocarbonyl (C=S) groups is 1. The number of aryl methyl sites for hydroxylation is 2. The van der Waals surface area contributed by atoms with Crippen LogP contribution >= 0.6 is 12.2 Å². The average Bonchev–Trinajstić information content (AvgIpc) is 2.76. The second kappa shape index (κ2) is 4.67. The van der Waals surface area contributed by atoms with Crippen LogP contribution in [0.25, 0.3) is 5.69 Å². The Morgan fingerprint density at radius 1 is 1.47 bits per heavy atom. The Hall–Kier alpha value is -1.68. The molecule has 2 rings (SSSR count). The number of imidazole rings is 1. The van der Waals surface area contributed by atoms with E-state index in [1.54, 1.807) is 6.20 Å². The van der Waals surface area contributed by atoms with Crippen molar-refractivity contribution in [3.63, 3.8) is 0 Å². The fraction of sp³-hybridized carbons (Fsp3) is 0.231. The van der Waals surface area contributed by atoms with E-state index >= 15 is 0 Å². The first kappa shape index (κ1) is 11.8. The summed E-state index contributed by atoms with van der Waals surface area (Å²) in [5.74, 6) is 1.01.